The van der Waals surface area contributed by atoms with Crippen LogP contribution in [0.25, 0.3) is 0 Å². The van der Waals surface area contributed by atoms with E-state index in [1.807, 2.05) is 6.07 Å². The molecule has 0 saturated carbocycles. The van der Waals surface area contributed by atoms with E-state index < -0.39 is 0 Å². The average molecular weight is 244 g/mol. The molecule has 0 heterocycles. The minimum Gasteiger partial charge on any atom is -0.317 e. The van der Waals surface area contributed by atoms with Crippen LogP contribution >= 0.6 is 11.6 Å². The molecule has 0 aromatic heterocycles. The Hall–Kier alpha value is -0.600. The molecule has 1 rings (SSSR count). The SMILES string of the molecule is CCNCC(CC)Cc1cccc(F)c1Cl. The lowest BCUT2D eigenvalue weighted by Crippen LogP contribution is -2.23. The summed E-state index contributed by atoms with van der Waals surface area (Å²) in [5.41, 5.74) is 0.909. The zero-order valence-electron chi connectivity index (χ0n) is 9.89. The van der Waals surface area contributed by atoms with Crippen molar-refractivity contribution in [1.82, 2.24) is 5.32 Å². The van der Waals surface area contributed by atoms with Crippen LogP contribution in [0.1, 0.15) is 25.8 Å². The van der Waals surface area contributed by atoms with Gasteiger partial charge >= 0.3 is 0 Å². The number of nitrogens with one attached hydrogen (secondary N) is 1. The van der Waals surface area contributed by atoms with E-state index in [9.17, 15) is 4.39 Å². The molecule has 1 aromatic rings. The molecule has 0 spiro atoms. The number of benzene rings is 1. The molecule has 0 radical (unpaired) electrons. The van der Waals surface area contributed by atoms with Crippen molar-refractivity contribution in [3.05, 3.63) is 34.6 Å². The van der Waals surface area contributed by atoms with Gasteiger partial charge in [-0.05, 0) is 37.1 Å². The highest BCUT2D eigenvalue weighted by molar-refractivity contribution is 6.31. The molecule has 1 aromatic carbocycles. The van der Waals surface area contributed by atoms with Crippen molar-refractivity contribution in [3.8, 4) is 0 Å². The van der Waals surface area contributed by atoms with Gasteiger partial charge < -0.3 is 5.32 Å². The molecule has 0 saturated heterocycles. The molecule has 3 heteroatoms. The Labute approximate surface area is 102 Å². The summed E-state index contributed by atoms with van der Waals surface area (Å²) in [7, 11) is 0. The van der Waals surface area contributed by atoms with Gasteiger partial charge in [-0.3, -0.25) is 0 Å². The van der Waals surface area contributed by atoms with Gasteiger partial charge in [0.1, 0.15) is 5.82 Å². The van der Waals surface area contributed by atoms with Gasteiger partial charge in [0.25, 0.3) is 0 Å². The van der Waals surface area contributed by atoms with Crippen molar-refractivity contribution in [1.29, 1.82) is 0 Å². The van der Waals surface area contributed by atoms with Crippen LogP contribution in [0.15, 0.2) is 18.2 Å². The van der Waals surface area contributed by atoms with Crippen molar-refractivity contribution in [2.45, 2.75) is 26.7 Å². The maximum atomic E-state index is 13.2. The molecule has 1 unspecified atom stereocenters. The number of halogens is 2. The first-order chi connectivity index (χ1) is 7.69. The molecular weight excluding hydrogens is 225 g/mol. The van der Waals surface area contributed by atoms with Crippen LogP contribution in [-0.4, -0.2) is 13.1 Å². The fourth-order valence-corrected chi connectivity index (χ4v) is 1.93. The Bertz CT molecular complexity index is 328. The first-order valence-corrected chi connectivity index (χ1v) is 6.20. The van der Waals surface area contributed by atoms with Crippen LogP contribution in [0.3, 0.4) is 0 Å². The summed E-state index contributed by atoms with van der Waals surface area (Å²) in [6, 6.07) is 5.02. The fourth-order valence-electron chi connectivity index (χ4n) is 1.73. The van der Waals surface area contributed by atoms with Crippen molar-refractivity contribution >= 4 is 11.6 Å². The molecule has 1 atom stereocenters. The van der Waals surface area contributed by atoms with Gasteiger partial charge in [-0.2, -0.15) is 0 Å². The van der Waals surface area contributed by atoms with Gasteiger partial charge in [0.15, 0.2) is 0 Å². The van der Waals surface area contributed by atoms with Gasteiger partial charge in [0.05, 0.1) is 5.02 Å². The Morgan fingerprint density at radius 1 is 1.38 bits per heavy atom. The van der Waals surface area contributed by atoms with Crippen molar-refractivity contribution in [2.75, 3.05) is 13.1 Å². The lowest BCUT2D eigenvalue weighted by atomic mass is 9.96. The second kappa shape index (κ2) is 6.87. The van der Waals surface area contributed by atoms with Gasteiger partial charge in [0, 0.05) is 0 Å². The molecule has 0 aliphatic rings. The van der Waals surface area contributed by atoms with Gasteiger partial charge in [-0.15, -0.1) is 0 Å². The highest BCUT2D eigenvalue weighted by atomic mass is 35.5. The summed E-state index contributed by atoms with van der Waals surface area (Å²) in [4.78, 5) is 0. The quantitative estimate of drug-likeness (QED) is 0.804. The summed E-state index contributed by atoms with van der Waals surface area (Å²) in [5, 5.41) is 3.59. The molecule has 0 aliphatic heterocycles. The van der Waals surface area contributed by atoms with E-state index in [1.165, 1.54) is 6.07 Å². The molecule has 1 N–H and O–H groups in total. The van der Waals surface area contributed by atoms with Crippen LogP contribution in [-0.2, 0) is 6.42 Å². The highest BCUT2D eigenvalue weighted by Gasteiger charge is 2.11. The van der Waals surface area contributed by atoms with Crippen LogP contribution < -0.4 is 5.32 Å². The Morgan fingerprint density at radius 3 is 2.75 bits per heavy atom. The van der Waals surface area contributed by atoms with E-state index in [4.69, 9.17) is 11.6 Å². The third-order valence-corrected chi connectivity index (χ3v) is 3.22. The lowest BCUT2D eigenvalue weighted by Gasteiger charge is -2.16. The first-order valence-electron chi connectivity index (χ1n) is 5.82. The highest BCUT2D eigenvalue weighted by Crippen LogP contribution is 2.23. The van der Waals surface area contributed by atoms with Gasteiger partial charge in [0.2, 0.25) is 0 Å². The van der Waals surface area contributed by atoms with Crippen LogP contribution in [0, 0.1) is 11.7 Å². The summed E-state index contributed by atoms with van der Waals surface area (Å²) in [6.07, 6.45) is 1.90. The van der Waals surface area contributed by atoms with Crippen molar-refractivity contribution in [2.24, 2.45) is 5.92 Å². The zero-order chi connectivity index (χ0) is 12.0. The van der Waals surface area contributed by atoms with Crippen LogP contribution in [0.4, 0.5) is 4.39 Å². The van der Waals surface area contributed by atoms with Gasteiger partial charge in [-0.1, -0.05) is 44.0 Å². The summed E-state index contributed by atoms with van der Waals surface area (Å²) >= 11 is 5.93. The molecule has 0 fully saturated rings. The fraction of sp³-hybridized carbons (Fsp3) is 0.538. The average Bonchev–Trinajstić information content (AvgIpc) is 2.30. The second-order valence-corrected chi connectivity index (χ2v) is 4.38. The Morgan fingerprint density at radius 2 is 2.12 bits per heavy atom. The molecule has 0 bridgehead atoms. The maximum Gasteiger partial charge on any atom is 0.142 e. The normalized spacial score (nSPS) is 12.8. The van der Waals surface area contributed by atoms with E-state index in [2.05, 4.69) is 19.2 Å². The summed E-state index contributed by atoms with van der Waals surface area (Å²) in [5.74, 6) is 0.191. The molecule has 0 amide bonds. The van der Waals surface area contributed by atoms with Crippen molar-refractivity contribution < 1.29 is 4.39 Å². The minimum atomic E-state index is -0.322. The topological polar surface area (TPSA) is 12.0 Å². The van der Waals surface area contributed by atoms with Crippen LogP contribution in [0.5, 0.6) is 0 Å². The minimum absolute atomic E-state index is 0.275. The second-order valence-electron chi connectivity index (χ2n) is 4.00. The van der Waals surface area contributed by atoms with E-state index in [-0.39, 0.29) is 10.8 Å². The Kier molecular flexibility index (Phi) is 5.78. The molecule has 0 aliphatic carbocycles. The maximum absolute atomic E-state index is 13.2. The predicted octanol–water partition coefficient (Wildman–Crippen LogP) is 3.66. The lowest BCUT2D eigenvalue weighted by molar-refractivity contribution is 0.466. The third-order valence-electron chi connectivity index (χ3n) is 2.80. The van der Waals surface area contributed by atoms with E-state index >= 15 is 0 Å². The first kappa shape index (κ1) is 13.5. The monoisotopic (exact) mass is 243 g/mol. The predicted molar refractivity (Wildman–Crippen MR) is 67.4 cm³/mol. The molecule has 16 heavy (non-hydrogen) atoms. The van der Waals surface area contributed by atoms with Crippen molar-refractivity contribution in [3.63, 3.8) is 0 Å². The Balaban J connectivity index is 2.66. The molecular formula is C13H19ClFN. The number of hydrogen-bond acceptors (Lipinski definition) is 1. The molecule has 1 nitrogen and oxygen atoms in total. The number of rotatable bonds is 6. The zero-order valence-corrected chi connectivity index (χ0v) is 10.6. The van der Waals surface area contributed by atoms with Gasteiger partial charge in [-0.25, -0.2) is 4.39 Å². The van der Waals surface area contributed by atoms with Crippen LogP contribution in [0.2, 0.25) is 5.02 Å². The van der Waals surface area contributed by atoms with E-state index in [1.54, 1.807) is 6.07 Å². The number of hydrogen-bond donors (Lipinski definition) is 1. The third kappa shape index (κ3) is 3.76. The van der Waals surface area contributed by atoms with E-state index in [0.717, 1.165) is 31.5 Å². The smallest absolute Gasteiger partial charge is 0.142 e. The summed E-state index contributed by atoms with van der Waals surface area (Å²) < 4.78 is 13.2. The molecule has 90 valence electrons. The van der Waals surface area contributed by atoms with E-state index in [0.29, 0.717) is 5.92 Å². The summed E-state index contributed by atoms with van der Waals surface area (Å²) in [6.45, 7) is 6.16. The standard InChI is InChI=1S/C13H19ClFN/c1-3-10(9-16-4-2)8-11-6-5-7-12(15)13(11)14/h5-7,10,16H,3-4,8-9H2,1-2H3. The largest absolute Gasteiger partial charge is 0.317 e.